The number of aromatic carboxylic acids is 1. The lowest BCUT2D eigenvalue weighted by Gasteiger charge is -2.08. The van der Waals surface area contributed by atoms with Gasteiger partial charge in [-0.15, -0.1) is 0 Å². The van der Waals surface area contributed by atoms with Gasteiger partial charge in [0.1, 0.15) is 0 Å². The third kappa shape index (κ3) is 2.58. The zero-order valence-corrected chi connectivity index (χ0v) is 12.3. The molecule has 0 amide bonds. The van der Waals surface area contributed by atoms with E-state index in [9.17, 15) is 9.90 Å². The molecule has 4 nitrogen and oxygen atoms in total. The van der Waals surface area contributed by atoms with E-state index in [0.717, 1.165) is 55.5 Å². The first-order chi connectivity index (χ1) is 10.2. The Labute approximate surface area is 124 Å². The van der Waals surface area contributed by atoms with Gasteiger partial charge < -0.3 is 5.11 Å². The lowest BCUT2D eigenvalue weighted by molar-refractivity contribution is 0.0688. The van der Waals surface area contributed by atoms with Crippen LogP contribution in [0.15, 0.2) is 24.3 Å². The summed E-state index contributed by atoms with van der Waals surface area (Å²) in [7, 11) is 0. The summed E-state index contributed by atoms with van der Waals surface area (Å²) in [6.07, 6.45) is 6.00. The molecule has 0 saturated carbocycles. The Morgan fingerprint density at radius 3 is 2.86 bits per heavy atom. The molecule has 0 saturated heterocycles. The van der Waals surface area contributed by atoms with Crippen molar-refractivity contribution in [3.63, 3.8) is 0 Å². The lowest BCUT2D eigenvalue weighted by atomic mass is 10.1. The van der Waals surface area contributed by atoms with E-state index in [-0.39, 0.29) is 5.69 Å². The highest BCUT2D eigenvalue weighted by molar-refractivity contribution is 5.87. The van der Waals surface area contributed by atoms with Crippen molar-refractivity contribution in [2.24, 2.45) is 0 Å². The molecule has 1 aromatic heterocycles. The predicted octanol–water partition coefficient (Wildman–Crippen LogP) is 3.40. The van der Waals surface area contributed by atoms with E-state index >= 15 is 0 Å². The number of aromatic nitrogens is 2. The van der Waals surface area contributed by atoms with Gasteiger partial charge in [0.05, 0.1) is 5.69 Å². The molecule has 1 aliphatic rings. The number of carboxylic acids is 1. The number of rotatable bonds is 3. The van der Waals surface area contributed by atoms with Gasteiger partial charge in [0, 0.05) is 11.3 Å². The number of benzene rings is 1. The lowest BCUT2D eigenvalue weighted by Crippen LogP contribution is -2.04. The summed E-state index contributed by atoms with van der Waals surface area (Å²) in [6, 6.07) is 8.20. The average Bonchev–Trinajstić information content (AvgIpc) is 2.69. The van der Waals surface area contributed by atoms with Crippen LogP contribution in [-0.4, -0.2) is 20.9 Å². The molecule has 1 aliphatic carbocycles. The van der Waals surface area contributed by atoms with Crippen LogP contribution in [0.1, 0.15) is 53.5 Å². The maximum Gasteiger partial charge on any atom is 0.356 e. The second kappa shape index (κ2) is 5.72. The molecule has 0 fully saturated rings. The van der Waals surface area contributed by atoms with Crippen molar-refractivity contribution >= 4 is 5.97 Å². The average molecular weight is 284 g/mol. The van der Waals surface area contributed by atoms with Crippen LogP contribution in [-0.2, 0) is 19.3 Å². The van der Waals surface area contributed by atoms with Crippen LogP contribution in [0.4, 0.5) is 0 Å². The summed E-state index contributed by atoms with van der Waals surface area (Å²) in [6.45, 7) is 2.12. The molecule has 0 spiro atoms. The molecule has 2 aromatic rings. The molecular formula is C17H20N2O2. The second-order valence-corrected chi connectivity index (χ2v) is 5.57. The Bertz CT molecular complexity index is 673. The van der Waals surface area contributed by atoms with E-state index in [0.29, 0.717) is 0 Å². The standard InChI is InChI=1S/C17H20N2O2/c1-2-12-7-6-8-13(11-12)19-15-10-5-3-4-9-14(15)16(18-19)17(20)21/h6-8,11H,2-5,9-10H2,1H3,(H,20,21). The van der Waals surface area contributed by atoms with Gasteiger partial charge in [0.25, 0.3) is 0 Å². The predicted molar refractivity (Wildman–Crippen MR) is 81.2 cm³/mol. The molecule has 0 aliphatic heterocycles. The molecule has 0 unspecified atom stereocenters. The van der Waals surface area contributed by atoms with E-state index in [1.54, 1.807) is 0 Å². The number of hydrogen-bond acceptors (Lipinski definition) is 2. The molecule has 21 heavy (non-hydrogen) atoms. The van der Waals surface area contributed by atoms with Crippen molar-refractivity contribution in [3.05, 3.63) is 46.8 Å². The van der Waals surface area contributed by atoms with Crippen molar-refractivity contribution in [1.82, 2.24) is 9.78 Å². The summed E-state index contributed by atoms with van der Waals surface area (Å²) in [5.74, 6) is -0.918. The Morgan fingerprint density at radius 1 is 1.29 bits per heavy atom. The van der Waals surface area contributed by atoms with Gasteiger partial charge in [-0.1, -0.05) is 25.5 Å². The van der Waals surface area contributed by atoms with Crippen molar-refractivity contribution in [2.75, 3.05) is 0 Å². The molecule has 3 rings (SSSR count). The minimum Gasteiger partial charge on any atom is -0.476 e. The number of aryl methyl sites for hydroxylation is 1. The molecule has 4 heteroatoms. The Morgan fingerprint density at radius 2 is 2.10 bits per heavy atom. The van der Waals surface area contributed by atoms with Crippen molar-refractivity contribution in [2.45, 2.75) is 45.4 Å². The van der Waals surface area contributed by atoms with E-state index in [4.69, 9.17) is 0 Å². The molecule has 0 radical (unpaired) electrons. The first kappa shape index (κ1) is 13.9. The van der Waals surface area contributed by atoms with Crippen LogP contribution in [0.5, 0.6) is 0 Å². The summed E-state index contributed by atoms with van der Waals surface area (Å²) in [5.41, 5.74) is 4.45. The Balaban J connectivity index is 2.15. The molecule has 0 bridgehead atoms. The first-order valence-corrected chi connectivity index (χ1v) is 7.64. The quantitative estimate of drug-likeness (QED) is 0.879. The van der Waals surface area contributed by atoms with E-state index in [1.807, 2.05) is 16.8 Å². The molecule has 1 aromatic carbocycles. The molecule has 1 N–H and O–H groups in total. The number of nitrogens with zero attached hydrogens (tertiary/aromatic N) is 2. The van der Waals surface area contributed by atoms with Crippen LogP contribution in [0.25, 0.3) is 5.69 Å². The maximum atomic E-state index is 11.5. The molecule has 1 heterocycles. The minimum absolute atomic E-state index is 0.230. The van der Waals surface area contributed by atoms with Crippen LogP contribution in [0.2, 0.25) is 0 Å². The van der Waals surface area contributed by atoms with E-state index in [1.165, 1.54) is 5.56 Å². The zero-order chi connectivity index (χ0) is 14.8. The van der Waals surface area contributed by atoms with Gasteiger partial charge in [-0.2, -0.15) is 5.10 Å². The topological polar surface area (TPSA) is 55.1 Å². The SMILES string of the molecule is CCc1cccc(-n2nc(C(=O)O)c3c2CCCCC3)c1. The fourth-order valence-corrected chi connectivity index (χ4v) is 3.07. The van der Waals surface area contributed by atoms with Gasteiger partial charge in [-0.25, -0.2) is 9.48 Å². The highest BCUT2D eigenvalue weighted by atomic mass is 16.4. The highest BCUT2D eigenvalue weighted by Gasteiger charge is 2.24. The number of fused-ring (bicyclic) bond motifs is 1. The van der Waals surface area contributed by atoms with Gasteiger partial charge in [0.15, 0.2) is 5.69 Å². The third-order valence-corrected chi connectivity index (χ3v) is 4.20. The first-order valence-electron chi connectivity index (χ1n) is 7.64. The van der Waals surface area contributed by atoms with Gasteiger partial charge in [-0.05, 0) is 49.8 Å². The van der Waals surface area contributed by atoms with Gasteiger partial charge in [0.2, 0.25) is 0 Å². The van der Waals surface area contributed by atoms with Crippen LogP contribution in [0.3, 0.4) is 0 Å². The number of carbonyl (C=O) groups is 1. The van der Waals surface area contributed by atoms with Gasteiger partial charge >= 0.3 is 5.97 Å². The summed E-state index contributed by atoms with van der Waals surface area (Å²) < 4.78 is 1.85. The van der Waals surface area contributed by atoms with Gasteiger partial charge in [-0.3, -0.25) is 0 Å². The van der Waals surface area contributed by atoms with Crippen LogP contribution in [0, 0.1) is 0 Å². The highest BCUT2D eigenvalue weighted by Crippen LogP contribution is 2.26. The minimum atomic E-state index is -0.918. The van der Waals surface area contributed by atoms with E-state index < -0.39 is 5.97 Å². The van der Waals surface area contributed by atoms with E-state index in [2.05, 4.69) is 24.2 Å². The largest absolute Gasteiger partial charge is 0.476 e. The second-order valence-electron chi connectivity index (χ2n) is 5.57. The Kier molecular flexibility index (Phi) is 3.78. The Hall–Kier alpha value is -2.10. The fraction of sp³-hybridized carbons (Fsp3) is 0.412. The summed E-state index contributed by atoms with van der Waals surface area (Å²) >= 11 is 0. The molecule has 110 valence electrons. The van der Waals surface area contributed by atoms with Crippen molar-refractivity contribution in [1.29, 1.82) is 0 Å². The molecular weight excluding hydrogens is 264 g/mol. The number of carboxylic acid groups (broad SMARTS) is 1. The van der Waals surface area contributed by atoms with Crippen LogP contribution >= 0.6 is 0 Å². The normalized spacial score (nSPS) is 14.5. The summed E-state index contributed by atoms with van der Waals surface area (Å²) in [4.78, 5) is 11.5. The van der Waals surface area contributed by atoms with Crippen molar-refractivity contribution in [3.8, 4) is 5.69 Å². The number of hydrogen-bond donors (Lipinski definition) is 1. The smallest absolute Gasteiger partial charge is 0.356 e. The van der Waals surface area contributed by atoms with Crippen molar-refractivity contribution < 1.29 is 9.90 Å². The third-order valence-electron chi connectivity index (χ3n) is 4.20. The molecule has 0 atom stereocenters. The van der Waals surface area contributed by atoms with Crippen LogP contribution < -0.4 is 0 Å². The fourth-order valence-electron chi connectivity index (χ4n) is 3.07. The monoisotopic (exact) mass is 284 g/mol. The zero-order valence-electron chi connectivity index (χ0n) is 12.3. The summed E-state index contributed by atoms with van der Waals surface area (Å²) in [5, 5.41) is 13.8. The maximum absolute atomic E-state index is 11.5.